The van der Waals surface area contributed by atoms with Crippen molar-refractivity contribution in [2.24, 2.45) is 0 Å². The number of anilines is 3. The van der Waals surface area contributed by atoms with Crippen molar-refractivity contribution in [1.29, 1.82) is 0 Å². The lowest BCUT2D eigenvalue weighted by molar-refractivity contribution is 0.208. The van der Waals surface area contributed by atoms with Crippen molar-refractivity contribution >= 4 is 23.2 Å². The molecule has 0 aliphatic carbocycles. The normalized spacial score (nSPS) is 13.8. The molecule has 0 atom stereocenters. The summed E-state index contributed by atoms with van der Waals surface area (Å²) in [6.07, 6.45) is 0.869. The molecule has 162 valence electrons. The number of aromatic nitrogens is 1. The number of amides is 2. The number of piperazine rings is 1. The van der Waals surface area contributed by atoms with Crippen LogP contribution in [0.3, 0.4) is 0 Å². The largest absolute Gasteiger partial charge is 0.497 e. The minimum Gasteiger partial charge on any atom is -0.497 e. The summed E-state index contributed by atoms with van der Waals surface area (Å²) in [6, 6.07) is 7.73. The number of carbonyl (C=O) groups is 1. The molecule has 2 heterocycles. The zero-order valence-electron chi connectivity index (χ0n) is 18.4. The second kappa shape index (κ2) is 9.56. The van der Waals surface area contributed by atoms with Gasteiger partial charge in [0, 0.05) is 62.8 Å². The Morgan fingerprint density at radius 1 is 1.07 bits per heavy atom. The maximum Gasteiger partial charge on any atom is 0.322 e. The Kier molecular flexibility index (Phi) is 6.87. The van der Waals surface area contributed by atoms with Gasteiger partial charge in [-0.1, -0.05) is 6.92 Å². The molecule has 8 heteroatoms. The molecule has 0 unspecified atom stereocenters. The molecule has 1 fully saturated rings. The van der Waals surface area contributed by atoms with Crippen molar-refractivity contribution in [1.82, 2.24) is 9.88 Å². The minimum atomic E-state index is -0.109. The Morgan fingerprint density at radius 2 is 1.70 bits per heavy atom. The molecular weight excluding hydrogens is 382 g/mol. The minimum absolute atomic E-state index is 0.109. The third kappa shape index (κ3) is 4.69. The maximum absolute atomic E-state index is 12.9. The smallest absolute Gasteiger partial charge is 0.322 e. The lowest BCUT2D eigenvalue weighted by Gasteiger charge is -2.36. The van der Waals surface area contributed by atoms with Crippen LogP contribution in [0.4, 0.5) is 22.0 Å². The van der Waals surface area contributed by atoms with E-state index in [-0.39, 0.29) is 6.03 Å². The summed E-state index contributed by atoms with van der Waals surface area (Å²) in [5.74, 6) is 2.19. The fraction of sp³-hybridized carbons (Fsp3) is 0.455. The van der Waals surface area contributed by atoms with Crippen LogP contribution in [0.1, 0.15) is 18.2 Å². The Labute approximate surface area is 178 Å². The molecule has 0 bridgehead atoms. The topological polar surface area (TPSA) is 79.0 Å². The van der Waals surface area contributed by atoms with Gasteiger partial charge in [0.25, 0.3) is 0 Å². The number of carbonyl (C=O) groups excluding carboxylic acids is 1. The summed E-state index contributed by atoms with van der Waals surface area (Å²) in [5, 5.41) is 6.10. The lowest BCUT2D eigenvalue weighted by atomic mass is 10.1. The van der Waals surface area contributed by atoms with Crippen LogP contribution in [0.25, 0.3) is 0 Å². The van der Waals surface area contributed by atoms with Gasteiger partial charge in [0.05, 0.1) is 19.9 Å². The third-order valence-corrected chi connectivity index (χ3v) is 5.45. The summed E-state index contributed by atoms with van der Waals surface area (Å²) in [4.78, 5) is 21.5. The molecule has 2 amide bonds. The number of ether oxygens (including phenoxy) is 2. The highest BCUT2D eigenvalue weighted by Gasteiger charge is 2.23. The van der Waals surface area contributed by atoms with E-state index in [1.165, 1.54) is 0 Å². The molecule has 1 aromatic heterocycles. The van der Waals surface area contributed by atoms with E-state index in [9.17, 15) is 4.79 Å². The van der Waals surface area contributed by atoms with Crippen LogP contribution < -0.4 is 25.0 Å². The number of nitrogens with one attached hydrogen (secondary N) is 2. The summed E-state index contributed by atoms with van der Waals surface area (Å²) in [6.45, 7) is 6.78. The average Bonchev–Trinajstić information content (AvgIpc) is 2.79. The highest BCUT2D eigenvalue weighted by molar-refractivity contribution is 5.92. The van der Waals surface area contributed by atoms with Crippen LogP contribution in [-0.2, 0) is 6.42 Å². The molecular formula is C22H31N5O3. The zero-order chi connectivity index (χ0) is 21.7. The maximum atomic E-state index is 12.9. The second-order valence-corrected chi connectivity index (χ2v) is 7.21. The molecule has 2 aromatic rings. The number of rotatable bonds is 6. The number of urea groups is 1. The van der Waals surface area contributed by atoms with Crippen LogP contribution in [0.5, 0.6) is 11.5 Å². The Bertz CT molecular complexity index is 872. The molecule has 3 rings (SSSR count). The van der Waals surface area contributed by atoms with Gasteiger partial charge in [0.2, 0.25) is 0 Å². The molecule has 8 nitrogen and oxygen atoms in total. The van der Waals surface area contributed by atoms with E-state index in [1.54, 1.807) is 14.2 Å². The fourth-order valence-corrected chi connectivity index (χ4v) is 3.63. The van der Waals surface area contributed by atoms with Crippen LogP contribution in [-0.4, -0.2) is 63.4 Å². The predicted octanol–water partition coefficient (Wildman–Crippen LogP) is 3.37. The summed E-state index contributed by atoms with van der Waals surface area (Å²) >= 11 is 0. The van der Waals surface area contributed by atoms with Crippen molar-refractivity contribution < 1.29 is 14.3 Å². The van der Waals surface area contributed by atoms with E-state index in [0.29, 0.717) is 24.6 Å². The van der Waals surface area contributed by atoms with Crippen molar-refractivity contribution in [3.8, 4) is 11.5 Å². The molecule has 1 aliphatic heterocycles. The molecule has 2 N–H and O–H groups in total. The number of methoxy groups -OCH3 is 2. The third-order valence-electron chi connectivity index (χ3n) is 5.45. The number of pyridine rings is 1. The average molecular weight is 414 g/mol. The molecule has 1 aliphatic rings. The van der Waals surface area contributed by atoms with Gasteiger partial charge >= 0.3 is 6.03 Å². The van der Waals surface area contributed by atoms with E-state index in [4.69, 9.17) is 9.47 Å². The van der Waals surface area contributed by atoms with Crippen molar-refractivity contribution in [3.05, 3.63) is 35.5 Å². The van der Waals surface area contributed by atoms with Gasteiger partial charge in [-0.25, -0.2) is 9.78 Å². The molecule has 0 saturated carbocycles. The summed E-state index contributed by atoms with van der Waals surface area (Å²) in [5.41, 5.74) is 3.84. The van der Waals surface area contributed by atoms with Gasteiger partial charge in [-0.3, -0.25) is 0 Å². The highest BCUT2D eigenvalue weighted by atomic mass is 16.5. The van der Waals surface area contributed by atoms with E-state index in [1.807, 2.05) is 43.1 Å². The monoisotopic (exact) mass is 413 g/mol. The van der Waals surface area contributed by atoms with E-state index < -0.39 is 0 Å². The van der Waals surface area contributed by atoms with Crippen LogP contribution >= 0.6 is 0 Å². The number of aryl methyl sites for hydroxylation is 2. The molecule has 1 aromatic carbocycles. The van der Waals surface area contributed by atoms with E-state index in [2.05, 4.69) is 27.4 Å². The molecule has 0 spiro atoms. The molecule has 30 heavy (non-hydrogen) atoms. The first-order valence-electron chi connectivity index (χ1n) is 10.2. The molecule has 0 radical (unpaired) electrons. The quantitative estimate of drug-likeness (QED) is 0.756. The van der Waals surface area contributed by atoms with Crippen molar-refractivity contribution in [3.63, 3.8) is 0 Å². The van der Waals surface area contributed by atoms with Gasteiger partial charge in [0.1, 0.15) is 17.3 Å². The van der Waals surface area contributed by atoms with Gasteiger partial charge in [-0.05, 0) is 25.0 Å². The summed E-state index contributed by atoms with van der Waals surface area (Å²) < 4.78 is 10.7. The second-order valence-electron chi connectivity index (χ2n) is 7.21. The van der Waals surface area contributed by atoms with E-state index >= 15 is 0 Å². The van der Waals surface area contributed by atoms with Gasteiger partial charge < -0.3 is 29.9 Å². The Balaban J connectivity index is 1.66. The van der Waals surface area contributed by atoms with Gasteiger partial charge in [-0.15, -0.1) is 0 Å². The zero-order valence-corrected chi connectivity index (χ0v) is 18.4. The van der Waals surface area contributed by atoms with Crippen molar-refractivity contribution in [2.75, 3.05) is 63.0 Å². The predicted molar refractivity (Wildman–Crippen MR) is 120 cm³/mol. The fourth-order valence-electron chi connectivity index (χ4n) is 3.63. The highest BCUT2D eigenvalue weighted by Crippen LogP contribution is 2.29. The SMILES string of the molecule is CCc1cc(NC(=O)N2CCN(c3cc(OC)cc(OC)c3)CC2)c(NC)nc1C. The van der Waals surface area contributed by atoms with Crippen LogP contribution in [0.2, 0.25) is 0 Å². The van der Waals surface area contributed by atoms with E-state index in [0.717, 1.165) is 48.0 Å². The van der Waals surface area contributed by atoms with Crippen molar-refractivity contribution in [2.45, 2.75) is 20.3 Å². The lowest BCUT2D eigenvalue weighted by Crippen LogP contribution is -2.50. The van der Waals surface area contributed by atoms with Crippen LogP contribution in [0, 0.1) is 6.92 Å². The van der Waals surface area contributed by atoms with Crippen LogP contribution in [0.15, 0.2) is 24.3 Å². The number of benzene rings is 1. The number of nitrogens with zero attached hydrogens (tertiary/aromatic N) is 3. The standard InChI is InChI=1S/C22H31N5O3/c1-6-16-11-20(21(23-3)24-15(16)2)25-22(28)27-9-7-26(8-10-27)17-12-18(29-4)14-19(13-17)30-5/h11-14H,6-10H2,1-5H3,(H,23,24)(H,25,28). The molecule has 1 saturated heterocycles. The Morgan fingerprint density at radius 3 is 2.23 bits per heavy atom. The van der Waals surface area contributed by atoms with Gasteiger partial charge in [-0.2, -0.15) is 0 Å². The number of hydrogen-bond acceptors (Lipinski definition) is 6. The Hall–Kier alpha value is -3.16. The summed E-state index contributed by atoms with van der Waals surface area (Å²) in [7, 11) is 5.10. The van der Waals surface area contributed by atoms with Gasteiger partial charge in [0.15, 0.2) is 0 Å². The first kappa shape index (κ1) is 21.5. The first-order valence-corrected chi connectivity index (χ1v) is 10.2. The first-order chi connectivity index (χ1) is 14.5. The number of hydrogen-bond donors (Lipinski definition) is 2.